The Morgan fingerprint density at radius 3 is 2.54 bits per heavy atom. The van der Waals surface area contributed by atoms with Crippen molar-refractivity contribution in [2.24, 2.45) is 5.92 Å². The number of hydrogen-bond donors (Lipinski definition) is 2. The van der Waals surface area contributed by atoms with E-state index >= 15 is 0 Å². The molecule has 1 saturated heterocycles. The Labute approximate surface area is 162 Å². The van der Waals surface area contributed by atoms with Gasteiger partial charge < -0.3 is 20.1 Å². The zero-order valence-corrected chi connectivity index (χ0v) is 15.5. The smallest absolute Gasteiger partial charge is 0.321 e. The Morgan fingerprint density at radius 2 is 1.86 bits per heavy atom. The molecule has 0 atom stereocenters. The third-order valence-electron chi connectivity index (χ3n) is 5.29. The third kappa shape index (κ3) is 4.49. The molecule has 8 heteroatoms. The van der Waals surface area contributed by atoms with E-state index in [1.165, 1.54) is 24.3 Å². The fourth-order valence-corrected chi connectivity index (χ4v) is 3.36. The van der Waals surface area contributed by atoms with E-state index in [0.29, 0.717) is 42.9 Å². The van der Waals surface area contributed by atoms with E-state index in [9.17, 15) is 14.0 Å². The van der Waals surface area contributed by atoms with Crippen molar-refractivity contribution in [2.45, 2.75) is 31.6 Å². The van der Waals surface area contributed by atoms with Crippen molar-refractivity contribution in [1.29, 1.82) is 0 Å². The fourth-order valence-electron chi connectivity index (χ4n) is 3.36. The van der Waals surface area contributed by atoms with Crippen LogP contribution in [-0.4, -0.2) is 41.6 Å². The summed E-state index contributed by atoms with van der Waals surface area (Å²) in [5.41, 5.74) is 0.900. The molecule has 2 aliphatic rings. The number of anilines is 1. The number of benzene rings is 1. The van der Waals surface area contributed by atoms with Gasteiger partial charge >= 0.3 is 6.03 Å². The SMILES string of the molecule is O=C(NCC1CCN(C(=O)Nc2ccc(F)cc2)CC1)c1cc(C2CC2)on1. The van der Waals surface area contributed by atoms with Gasteiger partial charge in [0.15, 0.2) is 5.69 Å². The van der Waals surface area contributed by atoms with E-state index in [4.69, 9.17) is 4.52 Å². The average molecular weight is 386 g/mol. The molecule has 28 heavy (non-hydrogen) atoms. The number of piperidine rings is 1. The summed E-state index contributed by atoms with van der Waals surface area (Å²) in [4.78, 5) is 26.3. The summed E-state index contributed by atoms with van der Waals surface area (Å²) in [5, 5.41) is 9.54. The van der Waals surface area contributed by atoms with E-state index in [1.807, 2.05) is 0 Å². The number of halogens is 1. The molecule has 7 nitrogen and oxygen atoms in total. The Kier molecular flexibility index (Phi) is 5.27. The molecule has 2 N–H and O–H groups in total. The van der Waals surface area contributed by atoms with Gasteiger partial charge in [0.05, 0.1) is 0 Å². The second-order valence-electron chi connectivity index (χ2n) is 7.47. The summed E-state index contributed by atoms with van der Waals surface area (Å²) < 4.78 is 18.2. The Hall–Kier alpha value is -2.90. The standard InChI is InChI=1S/C20H23FN4O3/c21-15-3-5-16(6-4-15)23-20(27)25-9-7-13(8-10-25)12-22-19(26)17-11-18(28-24-17)14-1-2-14/h3-6,11,13-14H,1-2,7-10,12H2,(H,22,26)(H,23,27). The first kappa shape index (κ1) is 18.5. The van der Waals surface area contributed by atoms with Crippen LogP contribution in [0.3, 0.4) is 0 Å². The van der Waals surface area contributed by atoms with Crippen LogP contribution in [0.4, 0.5) is 14.9 Å². The van der Waals surface area contributed by atoms with Crippen LogP contribution in [0.15, 0.2) is 34.9 Å². The molecule has 2 heterocycles. The van der Waals surface area contributed by atoms with Crippen LogP contribution in [0.25, 0.3) is 0 Å². The lowest BCUT2D eigenvalue weighted by Gasteiger charge is -2.32. The van der Waals surface area contributed by atoms with Crippen LogP contribution in [0.5, 0.6) is 0 Å². The Morgan fingerprint density at radius 1 is 1.14 bits per heavy atom. The van der Waals surface area contributed by atoms with E-state index in [2.05, 4.69) is 15.8 Å². The van der Waals surface area contributed by atoms with Crippen LogP contribution in [0.1, 0.15) is 47.8 Å². The van der Waals surface area contributed by atoms with Crippen molar-refractivity contribution in [1.82, 2.24) is 15.4 Å². The summed E-state index contributed by atoms with van der Waals surface area (Å²) in [6.07, 6.45) is 3.82. The van der Waals surface area contributed by atoms with Gasteiger partial charge in [-0.2, -0.15) is 0 Å². The highest BCUT2D eigenvalue weighted by atomic mass is 19.1. The Balaban J connectivity index is 1.19. The Bertz CT molecular complexity index is 839. The summed E-state index contributed by atoms with van der Waals surface area (Å²) in [5.74, 6) is 0.987. The van der Waals surface area contributed by atoms with Crippen LogP contribution < -0.4 is 10.6 Å². The molecule has 3 amide bonds. The van der Waals surface area contributed by atoms with Gasteiger partial charge in [0.1, 0.15) is 11.6 Å². The van der Waals surface area contributed by atoms with Crippen molar-refractivity contribution in [3.8, 4) is 0 Å². The lowest BCUT2D eigenvalue weighted by atomic mass is 9.97. The van der Waals surface area contributed by atoms with E-state index in [0.717, 1.165) is 31.4 Å². The molecule has 1 aliphatic heterocycles. The van der Waals surface area contributed by atoms with Crippen LogP contribution >= 0.6 is 0 Å². The normalized spacial score (nSPS) is 17.4. The number of rotatable bonds is 5. The molecule has 1 aliphatic carbocycles. The molecule has 148 valence electrons. The molecule has 2 fully saturated rings. The lowest BCUT2D eigenvalue weighted by molar-refractivity contribution is 0.0929. The monoisotopic (exact) mass is 386 g/mol. The summed E-state index contributed by atoms with van der Waals surface area (Å²) in [6.45, 7) is 1.78. The predicted octanol–water partition coefficient (Wildman–Crippen LogP) is 3.37. The summed E-state index contributed by atoms with van der Waals surface area (Å²) in [7, 11) is 0. The van der Waals surface area contributed by atoms with Crippen LogP contribution in [0, 0.1) is 11.7 Å². The largest absolute Gasteiger partial charge is 0.360 e. The average Bonchev–Trinajstić information content (AvgIpc) is 3.45. The van der Waals surface area contributed by atoms with Gasteiger partial charge in [0.2, 0.25) is 0 Å². The number of urea groups is 1. The fraction of sp³-hybridized carbons (Fsp3) is 0.450. The zero-order valence-electron chi connectivity index (χ0n) is 15.5. The molecular formula is C20H23FN4O3. The minimum absolute atomic E-state index is 0.190. The van der Waals surface area contributed by atoms with Crippen molar-refractivity contribution < 1.29 is 18.5 Å². The lowest BCUT2D eigenvalue weighted by Crippen LogP contribution is -2.43. The second kappa shape index (κ2) is 8.00. The molecule has 4 rings (SSSR count). The maximum Gasteiger partial charge on any atom is 0.321 e. The number of nitrogens with zero attached hydrogens (tertiary/aromatic N) is 2. The van der Waals surface area contributed by atoms with E-state index in [-0.39, 0.29) is 17.8 Å². The molecule has 0 radical (unpaired) electrons. The minimum Gasteiger partial charge on any atom is -0.360 e. The maximum atomic E-state index is 12.9. The highest BCUT2D eigenvalue weighted by Gasteiger charge is 2.29. The number of aromatic nitrogens is 1. The predicted molar refractivity (Wildman–Crippen MR) is 101 cm³/mol. The topological polar surface area (TPSA) is 87.5 Å². The maximum absolute atomic E-state index is 12.9. The second-order valence-corrected chi connectivity index (χ2v) is 7.47. The quantitative estimate of drug-likeness (QED) is 0.825. The molecule has 1 aromatic heterocycles. The molecular weight excluding hydrogens is 363 g/mol. The van der Waals surface area contributed by atoms with Gasteiger partial charge in [-0.1, -0.05) is 5.16 Å². The number of carbonyl (C=O) groups excluding carboxylic acids is 2. The zero-order chi connectivity index (χ0) is 19.5. The van der Waals surface area contributed by atoms with Gasteiger partial charge in [0, 0.05) is 37.3 Å². The number of hydrogen-bond acceptors (Lipinski definition) is 4. The van der Waals surface area contributed by atoms with E-state index < -0.39 is 0 Å². The highest BCUT2D eigenvalue weighted by Crippen LogP contribution is 2.40. The first-order chi connectivity index (χ1) is 13.6. The molecule has 0 unspecified atom stereocenters. The van der Waals surface area contributed by atoms with Crippen LogP contribution in [-0.2, 0) is 0 Å². The van der Waals surface area contributed by atoms with Gasteiger partial charge in [-0.05, 0) is 55.9 Å². The highest BCUT2D eigenvalue weighted by molar-refractivity contribution is 5.92. The molecule has 0 spiro atoms. The van der Waals surface area contributed by atoms with Crippen molar-refractivity contribution in [3.63, 3.8) is 0 Å². The summed E-state index contributed by atoms with van der Waals surface area (Å²) in [6, 6.07) is 7.24. The molecule has 2 aromatic rings. The molecule has 0 bridgehead atoms. The van der Waals surface area contributed by atoms with Crippen molar-refractivity contribution in [3.05, 3.63) is 47.6 Å². The third-order valence-corrected chi connectivity index (χ3v) is 5.29. The first-order valence-corrected chi connectivity index (χ1v) is 9.65. The molecule has 1 aromatic carbocycles. The number of carbonyl (C=O) groups is 2. The van der Waals surface area contributed by atoms with Gasteiger partial charge in [-0.25, -0.2) is 9.18 Å². The first-order valence-electron chi connectivity index (χ1n) is 9.65. The van der Waals surface area contributed by atoms with Gasteiger partial charge in [0.25, 0.3) is 5.91 Å². The van der Waals surface area contributed by atoms with Crippen molar-refractivity contribution >= 4 is 17.6 Å². The van der Waals surface area contributed by atoms with Crippen molar-refractivity contribution in [2.75, 3.05) is 25.0 Å². The molecule has 1 saturated carbocycles. The number of nitrogens with one attached hydrogen (secondary N) is 2. The number of likely N-dealkylation sites (tertiary alicyclic amines) is 1. The number of amides is 3. The van der Waals surface area contributed by atoms with Gasteiger partial charge in [-0.15, -0.1) is 0 Å². The minimum atomic E-state index is -0.338. The van der Waals surface area contributed by atoms with Crippen LogP contribution in [0.2, 0.25) is 0 Å². The summed E-state index contributed by atoms with van der Waals surface area (Å²) >= 11 is 0. The van der Waals surface area contributed by atoms with E-state index in [1.54, 1.807) is 11.0 Å². The van der Waals surface area contributed by atoms with Gasteiger partial charge in [-0.3, -0.25) is 4.79 Å².